The number of hydrogen-bond donors (Lipinski definition) is 1. The first-order valence-corrected chi connectivity index (χ1v) is 10.6. The van der Waals surface area contributed by atoms with Crippen molar-refractivity contribution in [2.45, 2.75) is 55.3 Å². The first kappa shape index (κ1) is 26.2. The molecular weight excluding hydrogens is 476 g/mol. The van der Waals surface area contributed by atoms with Gasteiger partial charge in [-0.1, -0.05) is 50.8 Å². The van der Waals surface area contributed by atoms with Crippen molar-refractivity contribution < 1.29 is 24.1 Å². The molecule has 1 heterocycles. The number of ether oxygens (including phenoxy) is 3. The van der Waals surface area contributed by atoms with Crippen LogP contribution in [0.2, 0.25) is 0 Å². The minimum atomic E-state index is -1.63. The van der Waals surface area contributed by atoms with E-state index in [0.29, 0.717) is 0 Å². The fraction of sp³-hybridized carbons (Fsp3) is 0.526. The summed E-state index contributed by atoms with van der Waals surface area (Å²) in [5.41, 5.74) is 35.7. The third-order valence-corrected chi connectivity index (χ3v) is 5.48. The molecule has 1 fully saturated rings. The van der Waals surface area contributed by atoms with Gasteiger partial charge < -0.3 is 19.3 Å². The highest BCUT2D eigenvalue weighted by Gasteiger charge is 2.48. The number of aliphatic hydroxyl groups is 1. The smallest absolute Gasteiger partial charge is 0.338 e. The molecular formula is C19H20N12O5. The molecule has 0 amide bonds. The molecule has 17 nitrogen and oxygen atoms in total. The quantitative estimate of drug-likeness (QED) is 0.174. The lowest BCUT2D eigenvalue weighted by molar-refractivity contribution is -0.232. The zero-order valence-electron chi connectivity index (χ0n) is 18.5. The van der Waals surface area contributed by atoms with Crippen molar-refractivity contribution in [3.05, 3.63) is 89.8 Å². The summed E-state index contributed by atoms with van der Waals surface area (Å²) in [6.07, 6.45) is -3.42. The monoisotopic (exact) mass is 496 g/mol. The van der Waals surface area contributed by atoms with Crippen molar-refractivity contribution in [1.82, 2.24) is 0 Å². The van der Waals surface area contributed by atoms with Crippen molar-refractivity contribution in [2.75, 3.05) is 6.54 Å². The molecule has 0 aromatic heterocycles. The second-order valence-corrected chi connectivity index (χ2v) is 7.64. The average Bonchev–Trinajstić information content (AvgIpc) is 2.89. The Morgan fingerprint density at radius 2 is 1.64 bits per heavy atom. The van der Waals surface area contributed by atoms with Crippen LogP contribution >= 0.6 is 0 Å². The van der Waals surface area contributed by atoms with E-state index in [1.54, 1.807) is 18.2 Å². The largest absolute Gasteiger partial charge is 0.455 e. The van der Waals surface area contributed by atoms with E-state index >= 15 is 0 Å². The van der Waals surface area contributed by atoms with Gasteiger partial charge in [-0.25, -0.2) is 4.79 Å². The van der Waals surface area contributed by atoms with Gasteiger partial charge in [-0.3, -0.25) is 0 Å². The van der Waals surface area contributed by atoms with Crippen molar-refractivity contribution in [1.29, 1.82) is 0 Å². The molecule has 0 saturated heterocycles. The van der Waals surface area contributed by atoms with Crippen LogP contribution in [0.25, 0.3) is 41.8 Å². The Hall–Kier alpha value is -4.45. The molecule has 2 aliphatic rings. The number of carbonyl (C=O) groups excluding carboxylic acids is 1. The fourth-order valence-electron chi connectivity index (χ4n) is 3.87. The van der Waals surface area contributed by atoms with Gasteiger partial charge in [-0.2, -0.15) is 0 Å². The lowest BCUT2D eigenvalue weighted by Gasteiger charge is -2.43. The van der Waals surface area contributed by atoms with Gasteiger partial charge in [0.05, 0.1) is 36.4 Å². The first-order chi connectivity index (χ1) is 17.5. The third-order valence-electron chi connectivity index (χ3n) is 5.48. The molecule has 0 radical (unpaired) electrons. The third kappa shape index (κ3) is 6.36. The van der Waals surface area contributed by atoms with Gasteiger partial charge >= 0.3 is 5.97 Å². The minimum absolute atomic E-state index is 0.0842. The van der Waals surface area contributed by atoms with Crippen LogP contribution < -0.4 is 0 Å². The maximum atomic E-state index is 12.7. The summed E-state index contributed by atoms with van der Waals surface area (Å²) in [7, 11) is 0. The van der Waals surface area contributed by atoms with E-state index < -0.39 is 54.8 Å². The molecule has 186 valence electrons. The number of benzene rings is 1. The summed E-state index contributed by atoms with van der Waals surface area (Å²) in [5.74, 6) is -0.781. The van der Waals surface area contributed by atoms with E-state index in [-0.39, 0.29) is 18.5 Å². The summed E-state index contributed by atoms with van der Waals surface area (Å²) in [6.45, 7) is -0.0842. The second-order valence-electron chi connectivity index (χ2n) is 7.64. The van der Waals surface area contributed by atoms with Gasteiger partial charge in [-0.05, 0) is 40.7 Å². The summed E-state index contributed by atoms with van der Waals surface area (Å²) in [5, 5.41) is 25.5. The van der Waals surface area contributed by atoms with Crippen molar-refractivity contribution >= 4 is 5.97 Å². The van der Waals surface area contributed by atoms with Gasteiger partial charge in [0, 0.05) is 19.6 Å². The first-order valence-electron chi connectivity index (χ1n) is 10.6. The van der Waals surface area contributed by atoms with E-state index in [9.17, 15) is 9.90 Å². The normalized spacial score (nSPS) is 30.9. The van der Waals surface area contributed by atoms with Crippen LogP contribution in [0.3, 0.4) is 0 Å². The Morgan fingerprint density at radius 1 is 0.972 bits per heavy atom. The standard InChI is InChI=1S/C19H20N12O5/c20-28-24-9-11-6-7-12(25-29-21)19(34-11)36-17-14(27-31-23)8-13(26-30-22)16(15(17)32)35-18(33)10-4-2-1-3-5-10/h1-7,11-17,19,32H,8-9H2/t11?,12?,13-,14?,15-,16?,17?,19-/m1/s1. The topological polar surface area (TPSA) is 260 Å². The Kier molecular flexibility index (Phi) is 9.34. The molecule has 36 heavy (non-hydrogen) atoms. The molecule has 1 aliphatic heterocycles. The van der Waals surface area contributed by atoms with Crippen LogP contribution in [0.5, 0.6) is 0 Å². The highest BCUT2D eigenvalue weighted by atomic mass is 16.7. The van der Waals surface area contributed by atoms with E-state index in [1.807, 2.05) is 0 Å². The predicted molar refractivity (Wildman–Crippen MR) is 122 cm³/mol. The van der Waals surface area contributed by atoms with E-state index in [0.717, 1.165) is 0 Å². The van der Waals surface area contributed by atoms with Crippen LogP contribution in [0.4, 0.5) is 0 Å². The van der Waals surface area contributed by atoms with Crippen LogP contribution in [-0.4, -0.2) is 66.5 Å². The molecule has 1 aromatic carbocycles. The van der Waals surface area contributed by atoms with Crippen molar-refractivity contribution in [3.8, 4) is 0 Å². The second kappa shape index (κ2) is 12.9. The van der Waals surface area contributed by atoms with E-state index in [1.165, 1.54) is 24.3 Å². The molecule has 1 aromatic rings. The molecule has 17 heteroatoms. The number of aliphatic hydroxyl groups excluding tert-OH is 1. The number of rotatable bonds is 9. The lowest BCUT2D eigenvalue weighted by Crippen LogP contribution is -2.59. The zero-order chi connectivity index (χ0) is 25.9. The summed E-state index contributed by atoms with van der Waals surface area (Å²) >= 11 is 0. The molecule has 3 rings (SSSR count). The summed E-state index contributed by atoms with van der Waals surface area (Å²) in [6, 6.07) is 4.85. The van der Waals surface area contributed by atoms with Crippen LogP contribution in [-0.2, 0) is 14.2 Å². The van der Waals surface area contributed by atoms with E-state index in [2.05, 4.69) is 40.1 Å². The Bertz CT molecular complexity index is 1150. The zero-order valence-corrected chi connectivity index (χ0v) is 18.5. The number of azide groups is 4. The number of hydrogen-bond acceptors (Lipinski definition) is 9. The minimum Gasteiger partial charge on any atom is -0.455 e. The van der Waals surface area contributed by atoms with Gasteiger partial charge in [-0.15, -0.1) is 0 Å². The summed E-state index contributed by atoms with van der Waals surface area (Å²) in [4.78, 5) is 23.6. The molecule has 0 bridgehead atoms. The van der Waals surface area contributed by atoms with E-state index in [4.69, 9.17) is 36.3 Å². The van der Waals surface area contributed by atoms with Crippen molar-refractivity contribution in [2.24, 2.45) is 20.5 Å². The van der Waals surface area contributed by atoms with Gasteiger partial charge in [0.25, 0.3) is 0 Å². The molecule has 1 saturated carbocycles. The van der Waals surface area contributed by atoms with Crippen LogP contribution in [0.1, 0.15) is 16.8 Å². The predicted octanol–water partition coefficient (Wildman–Crippen LogP) is 3.99. The van der Waals surface area contributed by atoms with Crippen LogP contribution in [0, 0.1) is 0 Å². The SMILES string of the molecule is [N-]=[N+]=NCC1C=CC(N=[N+]=[N-])[C@@H](OC2C(N=[N+]=[N-])C[C@@H](N=[N+]=[N-])C(OC(=O)c3ccccc3)[C@H]2O)O1. The molecule has 1 aliphatic carbocycles. The van der Waals surface area contributed by atoms with Gasteiger partial charge in [0.1, 0.15) is 18.2 Å². The number of esters is 1. The maximum absolute atomic E-state index is 12.7. The molecule has 5 unspecified atom stereocenters. The Morgan fingerprint density at radius 3 is 2.28 bits per heavy atom. The highest BCUT2D eigenvalue weighted by molar-refractivity contribution is 5.89. The molecule has 0 spiro atoms. The fourth-order valence-corrected chi connectivity index (χ4v) is 3.87. The van der Waals surface area contributed by atoms with Gasteiger partial charge in [0.15, 0.2) is 6.29 Å². The Labute approximate surface area is 202 Å². The number of nitrogens with zero attached hydrogens (tertiary/aromatic N) is 12. The number of carbonyl (C=O) groups is 1. The van der Waals surface area contributed by atoms with Gasteiger partial charge in [0.2, 0.25) is 0 Å². The Balaban J connectivity index is 1.90. The van der Waals surface area contributed by atoms with Crippen LogP contribution in [0.15, 0.2) is 62.9 Å². The lowest BCUT2D eigenvalue weighted by atomic mass is 9.84. The summed E-state index contributed by atoms with van der Waals surface area (Å²) < 4.78 is 17.1. The maximum Gasteiger partial charge on any atom is 0.338 e. The molecule has 8 atom stereocenters. The van der Waals surface area contributed by atoms with Crippen molar-refractivity contribution in [3.63, 3.8) is 0 Å². The molecule has 1 N–H and O–H groups in total. The average molecular weight is 496 g/mol. The highest BCUT2D eigenvalue weighted by Crippen LogP contribution is 2.33.